The van der Waals surface area contributed by atoms with Crippen molar-refractivity contribution < 1.29 is 0 Å². The summed E-state index contributed by atoms with van der Waals surface area (Å²) in [5.41, 5.74) is 7.51. The van der Waals surface area contributed by atoms with Crippen molar-refractivity contribution >= 4 is 17.6 Å². The van der Waals surface area contributed by atoms with E-state index in [0.29, 0.717) is 5.82 Å². The van der Waals surface area contributed by atoms with Gasteiger partial charge in [-0.25, -0.2) is 9.97 Å². The van der Waals surface area contributed by atoms with Gasteiger partial charge in [0.05, 0.1) is 17.5 Å². The number of hydrogen-bond acceptors (Lipinski definition) is 5. The van der Waals surface area contributed by atoms with Crippen molar-refractivity contribution in [2.24, 2.45) is 7.05 Å². The van der Waals surface area contributed by atoms with Crippen molar-refractivity contribution in [3.63, 3.8) is 0 Å². The molecule has 0 saturated carbocycles. The number of hydrogen-bond donors (Lipinski definition) is 1. The number of rotatable bonds is 2. The molecule has 0 aliphatic carbocycles. The van der Waals surface area contributed by atoms with E-state index in [1.165, 1.54) is 11.8 Å². The molecular formula is C9H11N5S. The van der Waals surface area contributed by atoms with Crippen molar-refractivity contribution in [2.75, 3.05) is 12.0 Å². The van der Waals surface area contributed by atoms with Crippen molar-refractivity contribution in [1.82, 2.24) is 19.7 Å². The van der Waals surface area contributed by atoms with Crippen LogP contribution in [0, 0.1) is 0 Å². The number of anilines is 1. The third kappa shape index (κ3) is 1.80. The van der Waals surface area contributed by atoms with Crippen molar-refractivity contribution in [3.05, 3.63) is 18.5 Å². The lowest BCUT2D eigenvalue weighted by atomic mass is 10.2. The summed E-state index contributed by atoms with van der Waals surface area (Å²) in [5.74, 6) is 0.612. The lowest BCUT2D eigenvalue weighted by Gasteiger charge is -2.01. The summed E-state index contributed by atoms with van der Waals surface area (Å²) in [7, 11) is 1.80. The number of thioether (sulfide) groups is 1. The molecule has 78 valence electrons. The van der Waals surface area contributed by atoms with Crippen molar-refractivity contribution in [1.29, 1.82) is 0 Å². The number of nitrogens with two attached hydrogens (primary N) is 1. The summed E-state index contributed by atoms with van der Waals surface area (Å²) in [4.78, 5) is 8.46. The van der Waals surface area contributed by atoms with Crippen LogP contribution < -0.4 is 5.73 Å². The first kappa shape index (κ1) is 9.97. The molecule has 0 bridgehead atoms. The second-order valence-electron chi connectivity index (χ2n) is 3.00. The number of nitrogens with zero attached hydrogens (tertiary/aromatic N) is 4. The Morgan fingerprint density at radius 3 is 2.87 bits per heavy atom. The molecule has 15 heavy (non-hydrogen) atoms. The van der Waals surface area contributed by atoms with Crippen LogP contribution in [0.4, 0.5) is 5.82 Å². The van der Waals surface area contributed by atoms with E-state index >= 15 is 0 Å². The predicted molar refractivity (Wildman–Crippen MR) is 60.4 cm³/mol. The molecule has 0 aliphatic heterocycles. The number of aromatic nitrogens is 4. The van der Waals surface area contributed by atoms with Crippen LogP contribution in [0.2, 0.25) is 0 Å². The maximum atomic E-state index is 5.86. The van der Waals surface area contributed by atoms with Crippen LogP contribution in [0.25, 0.3) is 11.3 Å². The highest BCUT2D eigenvalue weighted by atomic mass is 32.2. The monoisotopic (exact) mass is 221 g/mol. The SMILES string of the molecule is CSc1nccc(-c2cnn(C)c2N)n1. The fraction of sp³-hybridized carbons (Fsp3) is 0.222. The van der Waals surface area contributed by atoms with E-state index in [1.807, 2.05) is 12.3 Å². The Labute approximate surface area is 91.7 Å². The van der Waals surface area contributed by atoms with Crippen LogP contribution in [0.15, 0.2) is 23.6 Å². The first-order chi connectivity index (χ1) is 7.22. The van der Waals surface area contributed by atoms with E-state index in [1.54, 1.807) is 24.1 Å². The van der Waals surface area contributed by atoms with Gasteiger partial charge in [0.15, 0.2) is 5.16 Å². The van der Waals surface area contributed by atoms with Gasteiger partial charge in [-0.2, -0.15) is 5.10 Å². The molecule has 0 fully saturated rings. The van der Waals surface area contributed by atoms with Gasteiger partial charge in [0.2, 0.25) is 0 Å². The molecule has 0 aliphatic rings. The van der Waals surface area contributed by atoms with Crippen LogP contribution in [0.1, 0.15) is 0 Å². The Hall–Kier alpha value is -1.56. The second-order valence-corrected chi connectivity index (χ2v) is 3.77. The topological polar surface area (TPSA) is 69.6 Å². The Kier molecular flexibility index (Phi) is 2.59. The summed E-state index contributed by atoms with van der Waals surface area (Å²) in [6.07, 6.45) is 5.37. The van der Waals surface area contributed by atoms with Crippen LogP contribution in [0.3, 0.4) is 0 Å². The van der Waals surface area contributed by atoms with Crippen LogP contribution in [-0.4, -0.2) is 26.0 Å². The van der Waals surface area contributed by atoms with E-state index < -0.39 is 0 Å². The molecule has 0 radical (unpaired) electrons. The minimum atomic E-state index is 0.612. The molecule has 0 amide bonds. The van der Waals surface area contributed by atoms with E-state index in [0.717, 1.165) is 16.4 Å². The largest absolute Gasteiger partial charge is 0.383 e. The molecule has 0 saturated heterocycles. The number of nitrogen functional groups attached to an aromatic ring is 1. The van der Waals surface area contributed by atoms with Gasteiger partial charge in [0, 0.05) is 13.2 Å². The van der Waals surface area contributed by atoms with Gasteiger partial charge in [-0.3, -0.25) is 4.68 Å². The van der Waals surface area contributed by atoms with Crippen LogP contribution in [0.5, 0.6) is 0 Å². The average molecular weight is 221 g/mol. The van der Waals surface area contributed by atoms with Gasteiger partial charge in [-0.15, -0.1) is 0 Å². The third-order valence-corrected chi connectivity index (χ3v) is 2.64. The van der Waals surface area contributed by atoms with Gasteiger partial charge in [0.25, 0.3) is 0 Å². The lowest BCUT2D eigenvalue weighted by Crippen LogP contribution is -1.98. The summed E-state index contributed by atoms with van der Waals surface area (Å²) in [6, 6.07) is 1.83. The first-order valence-corrected chi connectivity index (χ1v) is 5.59. The van der Waals surface area contributed by atoms with Crippen molar-refractivity contribution in [2.45, 2.75) is 5.16 Å². The van der Waals surface area contributed by atoms with Gasteiger partial charge in [-0.1, -0.05) is 11.8 Å². The Morgan fingerprint density at radius 2 is 2.27 bits per heavy atom. The molecular weight excluding hydrogens is 210 g/mol. The summed E-state index contributed by atoms with van der Waals surface area (Å²) < 4.78 is 1.62. The third-order valence-electron chi connectivity index (χ3n) is 2.08. The molecule has 2 aromatic rings. The number of aryl methyl sites for hydroxylation is 1. The zero-order valence-electron chi connectivity index (χ0n) is 8.51. The normalized spacial score (nSPS) is 10.5. The molecule has 2 rings (SSSR count). The minimum absolute atomic E-state index is 0.612. The summed E-state index contributed by atoms with van der Waals surface area (Å²) >= 11 is 1.50. The second kappa shape index (κ2) is 3.90. The van der Waals surface area contributed by atoms with Gasteiger partial charge >= 0.3 is 0 Å². The molecule has 2 heterocycles. The van der Waals surface area contributed by atoms with Gasteiger partial charge in [-0.05, 0) is 12.3 Å². The van der Waals surface area contributed by atoms with E-state index in [9.17, 15) is 0 Å². The van der Waals surface area contributed by atoms with E-state index in [2.05, 4.69) is 15.1 Å². The maximum Gasteiger partial charge on any atom is 0.187 e. The zero-order chi connectivity index (χ0) is 10.8. The van der Waals surface area contributed by atoms with Gasteiger partial charge < -0.3 is 5.73 Å². The Morgan fingerprint density at radius 1 is 1.47 bits per heavy atom. The first-order valence-electron chi connectivity index (χ1n) is 4.37. The van der Waals surface area contributed by atoms with Crippen molar-refractivity contribution in [3.8, 4) is 11.3 Å². The molecule has 6 heteroatoms. The summed E-state index contributed by atoms with van der Waals surface area (Å²) in [6.45, 7) is 0. The standard InChI is InChI=1S/C9H11N5S/c1-14-8(10)6(5-12-14)7-3-4-11-9(13-7)15-2/h3-5H,10H2,1-2H3. The predicted octanol–water partition coefficient (Wildman–Crippen LogP) is 1.18. The zero-order valence-corrected chi connectivity index (χ0v) is 9.32. The molecule has 0 atom stereocenters. The molecule has 2 aromatic heterocycles. The van der Waals surface area contributed by atoms with E-state index in [4.69, 9.17) is 5.73 Å². The average Bonchev–Trinajstić information content (AvgIpc) is 2.60. The highest BCUT2D eigenvalue weighted by molar-refractivity contribution is 7.98. The summed E-state index contributed by atoms with van der Waals surface area (Å²) in [5, 5.41) is 4.80. The highest BCUT2D eigenvalue weighted by Crippen LogP contribution is 2.23. The lowest BCUT2D eigenvalue weighted by molar-refractivity contribution is 0.779. The van der Waals surface area contributed by atoms with Crippen LogP contribution >= 0.6 is 11.8 Å². The fourth-order valence-electron chi connectivity index (χ4n) is 1.23. The maximum absolute atomic E-state index is 5.86. The van der Waals surface area contributed by atoms with Crippen LogP contribution in [-0.2, 0) is 7.05 Å². The molecule has 2 N–H and O–H groups in total. The minimum Gasteiger partial charge on any atom is -0.383 e. The Balaban J connectivity index is 2.49. The van der Waals surface area contributed by atoms with E-state index in [-0.39, 0.29) is 0 Å². The molecule has 5 nitrogen and oxygen atoms in total. The fourth-order valence-corrected chi connectivity index (χ4v) is 1.59. The quantitative estimate of drug-likeness (QED) is 0.609. The van der Waals surface area contributed by atoms with Gasteiger partial charge in [0.1, 0.15) is 5.82 Å². The Bertz CT molecular complexity index is 479. The molecule has 0 aromatic carbocycles. The molecule has 0 unspecified atom stereocenters. The highest BCUT2D eigenvalue weighted by Gasteiger charge is 2.09. The smallest absolute Gasteiger partial charge is 0.187 e. The molecule has 0 spiro atoms.